The predicted octanol–water partition coefficient (Wildman–Crippen LogP) is 2.75. The van der Waals surface area contributed by atoms with Crippen molar-refractivity contribution in [2.45, 2.75) is 0 Å². The normalized spacial score (nSPS) is 10.6. The van der Waals surface area contributed by atoms with Crippen LogP contribution in [0.1, 0.15) is 10.5 Å². The van der Waals surface area contributed by atoms with Crippen LogP contribution in [0.3, 0.4) is 0 Å². The van der Waals surface area contributed by atoms with Crippen molar-refractivity contribution in [2.75, 3.05) is 0 Å². The Morgan fingerprint density at radius 1 is 1.38 bits per heavy atom. The Hall–Kier alpha value is -1.35. The summed E-state index contributed by atoms with van der Waals surface area (Å²) in [7, 11) is 0. The third-order valence-electron chi connectivity index (χ3n) is 1.85. The Morgan fingerprint density at radius 3 is 2.69 bits per heavy atom. The molecule has 0 radical (unpaired) electrons. The number of carbonyl (C=O) groups is 1. The van der Waals surface area contributed by atoms with E-state index in [1.54, 1.807) is 24.3 Å². The minimum absolute atomic E-state index is 0.136. The lowest BCUT2D eigenvalue weighted by atomic mass is 10.2. The van der Waals surface area contributed by atoms with Crippen molar-refractivity contribution in [1.29, 1.82) is 0 Å². The van der Waals surface area contributed by atoms with Crippen LogP contribution in [-0.2, 0) is 0 Å². The molecule has 1 aromatic heterocycles. The molecule has 1 aromatic carbocycles. The number of fused-ring (bicyclic) bond motifs is 1. The summed E-state index contributed by atoms with van der Waals surface area (Å²) in [6.45, 7) is 0. The lowest BCUT2D eigenvalue weighted by Crippen LogP contribution is -1.94. The third kappa shape index (κ3) is 1.21. The van der Waals surface area contributed by atoms with Gasteiger partial charge in [0.15, 0.2) is 0 Å². The van der Waals surface area contributed by atoms with Crippen molar-refractivity contribution in [1.82, 2.24) is 4.79 Å². The molecule has 13 heavy (non-hydrogen) atoms. The summed E-state index contributed by atoms with van der Waals surface area (Å²) in [6.07, 6.45) is 0. The van der Waals surface area contributed by atoms with Crippen LogP contribution in [0.2, 0.25) is 0 Å². The topological polar surface area (TPSA) is 22.0 Å². The van der Waals surface area contributed by atoms with Gasteiger partial charge in [-0.15, -0.1) is 0 Å². The number of hydrogen-bond acceptors (Lipinski definition) is 1. The highest BCUT2D eigenvalue weighted by molar-refractivity contribution is 6.67. The van der Waals surface area contributed by atoms with E-state index < -0.39 is 5.24 Å². The summed E-state index contributed by atoms with van der Waals surface area (Å²) in [5, 5.41) is -0.132. The van der Waals surface area contributed by atoms with Crippen molar-refractivity contribution in [3.05, 3.63) is 36.0 Å². The van der Waals surface area contributed by atoms with E-state index in [4.69, 9.17) is 11.6 Å². The molecular formula is C9H5ClFNO. The molecule has 0 amide bonds. The molecule has 0 saturated carbocycles. The van der Waals surface area contributed by atoms with Crippen LogP contribution in [0, 0.1) is 0 Å². The average molecular weight is 198 g/mol. The van der Waals surface area contributed by atoms with E-state index >= 15 is 0 Å². The lowest BCUT2D eigenvalue weighted by molar-refractivity contribution is 0.106. The maximum atomic E-state index is 13.3. The largest absolute Gasteiger partial charge is 0.274 e. The maximum Gasteiger partial charge on any atom is 0.271 e. The van der Waals surface area contributed by atoms with E-state index in [0.29, 0.717) is 15.7 Å². The summed E-state index contributed by atoms with van der Waals surface area (Å²) in [5.74, 6) is 0. The Kier molecular flexibility index (Phi) is 1.81. The second-order valence-electron chi connectivity index (χ2n) is 2.64. The van der Waals surface area contributed by atoms with Gasteiger partial charge in [0.25, 0.3) is 5.24 Å². The summed E-state index contributed by atoms with van der Waals surface area (Å²) < 4.78 is 13.3. The van der Waals surface area contributed by atoms with Crippen LogP contribution >= 0.6 is 11.6 Å². The van der Waals surface area contributed by atoms with Gasteiger partial charge in [-0.05, 0) is 23.7 Å². The van der Waals surface area contributed by atoms with Crippen molar-refractivity contribution in [3.8, 4) is 0 Å². The molecule has 0 bridgehead atoms. The first-order chi connectivity index (χ1) is 6.20. The first kappa shape index (κ1) is 8.26. The third-order valence-corrected chi connectivity index (χ3v) is 2.05. The van der Waals surface area contributed by atoms with Crippen molar-refractivity contribution in [3.63, 3.8) is 0 Å². The molecule has 1 heterocycles. The zero-order chi connectivity index (χ0) is 9.42. The minimum Gasteiger partial charge on any atom is -0.274 e. The van der Waals surface area contributed by atoms with E-state index in [1.807, 2.05) is 0 Å². The highest BCUT2D eigenvalue weighted by atomic mass is 35.5. The van der Waals surface area contributed by atoms with Gasteiger partial charge in [0.1, 0.15) is 5.69 Å². The van der Waals surface area contributed by atoms with Gasteiger partial charge in [-0.25, -0.2) is 0 Å². The van der Waals surface area contributed by atoms with Gasteiger partial charge in [-0.3, -0.25) is 4.79 Å². The monoisotopic (exact) mass is 197 g/mol. The maximum absolute atomic E-state index is 13.3. The first-order valence-electron chi connectivity index (χ1n) is 3.66. The number of hydrogen-bond donors (Lipinski definition) is 0. The molecule has 0 aliphatic carbocycles. The molecule has 0 aliphatic rings. The first-order valence-corrected chi connectivity index (χ1v) is 4.04. The molecule has 66 valence electrons. The molecule has 2 rings (SSSR count). The van der Waals surface area contributed by atoms with Gasteiger partial charge in [0.05, 0.1) is 5.52 Å². The number of benzene rings is 1. The Labute approximate surface area is 78.5 Å². The molecule has 0 aliphatic heterocycles. The van der Waals surface area contributed by atoms with Crippen LogP contribution in [0.15, 0.2) is 30.3 Å². The number of carbonyl (C=O) groups excluding carboxylic acids is 1. The van der Waals surface area contributed by atoms with E-state index in [9.17, 15) is 9.28 Å². The summed E-state index contributed by atoms with van der Waals surface area (Å²) in [6, 6.07) is 8.18. The van der Waals surface area contributed by atoms with E-state index in [1.165, 1.54) is 6.07 Å². The molecule has 0 unspecified atom stereocenters. The van der Waals surface area contributed by atoms with Crippen LogP contribution in [-0.4, -0.2) is 10.0 Å². The molecule has 0 spiro atoms. The minimum atomic E-state index is -0.793. The zero-order valence-electron chi connectivity index (χ0n) is 6.50. The molecule has 0 saturated heterocycles. The van der Waals surface area contributed by atoms with E-state index in [-0.39, 0.29) is 5.69 Å². The average Bonchev–Trinajstić information content (AvgIpc) is 2.45. The lowest BCUT2D eigenvalue weighted by Gasteiger charge is -1.92. The van der Waals surface area contributed by atoms with Gasteiger partial charge in [0.2, 0.25) is 0 Å². The molecule has 0 atom stereocenters. The summed E-state index contributed by atoms with van der Waals surface area (Å²) in [4.78, 5) is 11.0. The fourth-order valence-electron chi connectivity index (χ4n) is 1.26. The van der Waals surface area contributed by atoms with Crippen LogP contribution in [0.5, 0.6) is 0 Å². The summed E-state index contributed by atoms with van der Waals surface area (Å²) >= 11 is 5.18. The van der Waals surface area contributed by atoms with Crippen molar-refractivity contribution in [2.24, 2.45) is 0 Å². The fraction of sp³-hybridized carbons (Fsp3) is 0. The highest BCUT2D eigenvalue weighted by Gasteiger charge is 2.12. The second kappa shape index (κ2) is 2.85. The van der Waals surface area contributed by atoms with Crippen LogP contribution < -0.4 is 0 Å². The van der Waals surface area contributed by atoms with Crippen LogP contribution in [0.4, 0.5) is 4.48 Å². The Bertz CT molecular complexity index is 477. The van der Waals surface area contributed by atoms with E-state index in [0.717, 1.165) is 0 Å². The van der Waals surface area contributed by atoms with E-state index in [2.05, 4.69) is 0 Å². The van der Waals surface area contributed by atoms with Gasteiger partial charge in [0, 0.05) is 5.39 Å². The number of aromatic nitrogens is 1. The quantitative estimate of drug-likeness (QED) is 0.645. The zero-order valence-corrected chi connectivity index (χ0v) is 7.25. The van der Waals surface area contributed by atoms with Gasteiger partial charge >= 0.3 is 0 Å². The molecular weight excluding hydrogens is 193 g/mol. The number of nitrogens with zero attached hydrogens (tertiary/aromatic N) is 1. The molecule has 2 aromatic rings. The van der Waals surface area contributed by atoms with Gasteiger partial charge in [-0.1, -0.05) is 22.7 Å². The number of rotatable bonds is 1. The number of para-hydroxylation sites is 1. The van der Waals surface area contributed by atoms with Gasteiger partial charge in [-0.2, -0.15) is 4.79 Å². The number of halogens is 2. The van der Waals surface area contributed by atoms with Crippen LogP contribution in [0.25, 0.3) is 10.9 Å². The summed E-state index contributed by atoms with van der Waals surface area (Å²) in [5.41, 5.74) is 0.217. The Balaban J connectivity index is 2.81. The molecule has 2 nitrogen and oxygen atoms in total. The highest BCUT2D eigenvalue weighted by Crippen LogP contribution is 2.20. The SMILES string of the molecule is O=C(Cl)c1cc2ccccc2n1F. The van der Waals surface area contributed by atoms with Crippen molar-refractivity contribution >= 4 is 27.7 Å². The molecule has 0 N–H and O–H groups in total. The van der Waals surface area contributed by atoms with Crippen molar-refractivity contribution < 1.29 is 9.28 Å². The predicted molar refractivity (Wildman–Crippen MR) is 48.6 cm³/mol. The second-order valence-corrected chi connectivity index (χ2v) is 2.99. The standard InChI is InChI=1S/C9H5ClFNO/c10-9(13)8-5-6-3-1-2-4-7(6)12(8)11/h1-5H. The smallest absolute Gasteiger partial charge is 0.271 e. The molecule has 0 fully saturated rings. The molecule has 4 heteroatoms. The Morgan fingerprint density at radius 2 is 2.08 bits per heavy atom. The van der Waals surface area contributed by atoms with Gasteiger partial charge < -0.3 is 0 Å². The fourth-order valence-corrected chi connectivity index (χ4v) is 1.38.